The highest BCUT2D eigenvalue weighted by Gasteiger charge is 2.13. The van der Waals surface area contributed by atoms with Crippen LogP contribution >= 0.6 is 0 Å². The number of carboxylic acids is 1. The van der Waals surface area contributed by atoms with E-state index in [1.54, 1.807) is 6.92 Å². The molecule has 0 saturated heterocycles. The van der Waals surface area contributed by atoms with Gasteiger partial charge in [-0.15, -0.1) is 0 Å². The van der Waals surface area contributed by atoms with Crippen LogP contribution in [0.15, 0.2) is 24.5 Å². The number of hydrogen-bond acceptors (Lipinski definition) is 4. The number of benzene rings is 1. The lowest BCUT2D eigenvalue weighted by Gasteiger charge is -2.09. The van der Waals surface area contributed by atoms with Gasteiger partial charge in [-0.05, 0) is 24.6 Å². The number of aromatic nitrogens is 2. The number of hydrogen-bond donors (Lipinski definition) is 2. The maximum atomic E-state index is 13.9. The van der Waals surface area contributed by atoms with Crippen LogP contribution in [0.2, 0.25) is 0 Å². The Morgan fingerprint density at radius 1 is 1.35 bits per heavy atom. The summed E-state index contributed by atoms with van der Waals surface area (Å²) in [6, 6.07) is 3.28. The van der Waals surface area contributed by atoms with Gasteiger partial charge < -0.3 is 10.4 Å². The second kappa shape index (κ2) is 5.60. The summed E-state index contributed by atoms with van der Waals surface area (Å²) in [5.74, 6) is -2.85. The Balaban J connectivity index is 2.33. The minimum atomic E-state index is -1.24. The number of carboxylic acid groups (broad SMARTS) is 1. The Labute approximate surface area is 113 Å². The number of aromatic carboxylic acids is 1. The Morgan fingerprint density at radius 2 is 2.10 bits per heavy atom. The quantitative estimate of drug-likeness (QED) is 0.900. The van der Waals surface area contributed by atoms with Crippen molar-refractivity contribution in [1.82, 2.24) is 9.97 Å². The van der Waals surface area contributed by atoms with E-state index < -0.39 is 17.6 Å². The number of rotatable bonds is 4. The van der Waals surface area contributed by atoms with Crippen molar-refractivity contribution in [3.8, 4) is 0 Å². The van der Waals surface area contributed by atoms with Crippen LogP contribution in [0.5, 0.6) is 0 Å². The second-order valence-corrected chi connectivity index (χ2v) is 3.96. The predicted molar refractivity (Wildman–Crippen MR) is 68.0 cm³/mol. The molecule has 2 aromatic rings. The third-order valence-electron chi connectivity index (χ3n) is 2.67. The van der Waals surface area contributed by atoms with Gasteiger partial charge in [-0.2, -0.15) is 0 Å². The molecule has 0 atom stereocenters. The topological polar surface area (TPSA) is 75.1 Å². The Bertz CT molecular complexity index is 662. The molecule has 104 valence electrons. The second-order valence-electron chi connectivity index (χ2n) is 3.96. The van der Waals surface area contributed by atoms with Gasteiger partial charge in [0.05, 0.1) is 16.9 Å². The summed E-state index contributed by atoms with van der Waals surface area (Å²) < 4.78 is 27.6. The molecule has 1 aromatic heterocycles. The smallest absolute Gasteiger partial charge is 0.335 e. The van der Waals surface area contributed by atoms with E-state index in [2.05, 4.69) is 15.3 Å². The maximum Gasteiger partial charge on any atom is 0.335 e. The first-order valence-corrected chi connectivity index (χ1v) is 5.82. The number of anilines is 2. The molecule has 0 saturated carbocycles. The van der Waals surface area contributed by atoms with E-state index in [-0.39, 0.29) is 22.8 Å². The van der Waals surface area contributed by atoms with Crippen LogP contribution in [0.3, 0.4) is 0 Å². The first-order chi connectivity index (χ1) is 9.52. The first kappa shape index (κ1) is 13.9. The van der Waals surface area contributed by atoms with Crippen molar-refractivity contribution >= 4 is 17.5 Å². The normalized spacial score (nSPS) is 10.3. The molecule has 0 amide bonds. The zero-order chi connectivity index (χ0) is 14.7. The van der Waals surface area contributed by atoms with Crippen molar-refractivity contribution in [2.75, 3.05) is 5.32 Å². The zero-order valence-corrected chi connectivity index (χ0v) is 10.5. The highest BCUT2D eigenvalue weighted by Crippen LogP contribution is 2.22. The summed E-state index contributed by atoms with van der Waals surface area (Å²) >= 11 is 0. The van der Waals surface area contributed by atoms with E-state index in [9.17, 15) is 13.6 Å². The molecule has 0 aliphatic rings. The van der Waals surface area contributed by atoms with Crippen LogP contribution in [0.1, 0.15) is 23.0 Å². The van der Waals surface area contributed by atoms with E-state index in [0.717, 1.165) is 6.07 Å². The summed E-state index contributed by atoms with van der Waals surface area (Å²) in [7, 11) is 0. The van der Waals surface area contributed by atoms with Gasteiger partial charge in [0.2, 0.25) is 0 Å². The summed E-state index contributed by atoms with van der Waals surface area (Å²) in [4.78, 5) is 18.2. The number of nitrogens with one attached hydrogen (secondary N) is 1. The maximum absolute atomic E-state index is 13.9. The van der Waals surface area contributed by atoms with E-state index >= 15 is 0 Å². The Hall–Kier alpha value is -2.57. The van der Waals surface area contributed by atoms with Crippen molar-refractivity contribution in [2.24, 2.45) is 0 Å². The predicted octanol–water partition coefficient (Wildman–Crippen LogP) is 2.76. The largest absolute Gasteiger partial charge is 0.478 e. The van der Waals surface area contributed by atoms with E-state index in [0.29, 0.717) is 6.42 Å². The fraction of sp³-hybridized carbons (Fsp3) is 0.154. The van der Waals surface area contributed by atoms with Crippen LogP contribution in [-0.2, 0) is 6.42 Å². The minimum Gasteiger partial charge on any atom is -0.478 e. The SMILES string of the molecule is CCc1ncnc(Nc2ccc(C(=O)O)cc2F)c1F. The molecular formula is C13H11F2N3O2. The van der Waals surface area contributed by atoms with Gasteiger partial charge in [-0.25, -0.2) is 23.5 Å². The van der Waals surface area contributed by atoms with E-state index in [4.69, 9.17) is 5.11 Å². The first-order valence-electron chi connectivity index (χ1n) is 5.82. The van der Waals surface area contributed by atoms with Crippen LogP contribution < -0.4 is 5.32 Å². The lowest BCUT2D eigenvalue weighted by Crippen LogP contribution is -2.05. The number of carbonyl (C=O) groups is 1. The van der Waals surface area contributed by atoms with Gasteiger partial charge in [-0.3, -0.25) is 0 Å². The van der Waals surface area contributed by atoms with Crippen molar-refractivity contribution in [3.63, 3.8) is 0 Å². The molecule has 0 bridgehead atoms. The summed E-state index contributed by atoms with van der Waals surface area (Å²) in [5.41, 5.74) is -0.0369. The lowest BCUT2D eigenvalue weighted by atomic mass is 10.2. The molecule has 0 unspecified atom stereocenters. The average molecular weight is 279 g/mol. The van der Waals surface area contributed by atoms with E-state index in [1.165, 1.54) is 18.5 Å². The Kier molecular flexibility index (Phi) is 3.88. The molecular weight excluding hydrogens is 268 g/mol. The molecule has 5 nitrogen and oxygen atoms in total. The monoisotopic (exact) mass is 279 g/mol. The minimum absolute atomic E-state index is 0.0605. The van der Waals surface area contributed by atoms with Gasteiger partial charge in [0.25, 0.3) is 0 Å². The molecule has 20 heavy (non-hydrogen) atoms. The molecule has 7 heteroatoms. The number of halogens is 2. The summed E-state index contributed by atoms with van der Waals surface area (Å²) in [6.07, 6.45) is 1.55. The standard InChI is InChI=1S/C13H11F2N3O2/c1-2-9-11(15)12(17-6-16-9)18-10-4-3-7(13(19)20)5-8(10)14/h3-6H,2H2,1H3,(H,19,20)(H,16,17,18). The molecule has 1 aromatic carbocycles. The Morgan fingerprint density at radius 3 is 2.70 bits per heavy atom. The summed E-state index contributed by atoms with van der Waals surface area (Å²) in [5, 5.41) is 11.2. The molecule has 1 heterocycles. The molecule has 0 fully saturated rings. The van der Waals surface area contributed by atoms with Crippen LogP contribution in [0.4, 0.5) is 20.3 Å². The highest BCUT2D eigenvalue weighted by atomic mass is 19.1. The van der Waals surface area contributed by atoms with Crippen LogP contribution in [0, 0.1) is 11.6 Å². The van der Waals surface area contributed by atoms with Crippen molar-refractivity contribution in [1.29, 1.82) is 0 Å². The van der Waals surface area contributed by atoms with Crippen molar-refractivity contribution in [3.05, 3.63) is 47.4 Å². The van der Waals surface area contributed by atoms with Crippen molar-refractivity contribution < 1.29 is 18.7 Å². The highest BCUT2D eigenvalue weighted by molar-refractivity contribution is 5.88. The molecule has 2 N–H and O–H groups in total. The average Bonchev–Trinajstić information content (AvgIpc) is 2.43. The van der Waals surface area contributed by atoms with Gasteiger partial charge in [0.1, 0.15) is 12.1 Å². The summed E-state index contributed by atoms with van der Waals surface area (Å²) in [6.45, 7) is 1.73. The fourth-order valence-corrected chi connectivity index (χ4v) is 1.62. The molecule has 0 radical (unpaired) electrons. The van der Waals surface area contributed by atoms with Crippen LogP contribution in [0.25, 0.3) is 0 Å². The third kappa shape index (κ3) is 2.71. The van der Waals surface area contributed by atoms with Crippen molar-refractivity contribution in [2.45, 2.75) is 13.3 Å². The number of aryl methyl sites for hydroxylation is 1. The van der Waals surface area contributed by atoms with Gasteiger partial charge in [0, 0.05) is 0 Å². The molecule has 0 aliphatic heterocycles. The molecule has 0 spiro atoms. The van der Waals surface area contributed by atoms with E-state index in [1.807, 2.05) is 0 Å². The molecule has 0 aliphatic carbocycles. The third-order valence-corrected chi connectivity index (χ3v) is 2.67. The molecule has 2 rings (SSSR count). The van der Waals surface area contributed by atoms with Gasteiger partial charge >= 0.3 is 5.97 Å². The lowest BCUT2D eigenvalue weighted by molar-refractivity contribution is 0.0696. The zero-order valence-electron chi connectivity index (χ0n) is 10.5. The van der Waals surface area contributed by atoms with Crippen LogP contribution in [-0.4, -0.2) is 21.0 Å². The van der Waals surface area contributed by atoms with Gasteiger partial charge in [0.15, 0.2) is 11.6 Å². The van der Waals surface area contributed by atoms with Gasteiger partial charge in [-0.1, -0.05) is 6.92 Å². The number of nitrogens with zero attached hydrogens (tertiary/aromatic N) is 2. The fourth-order valence-electron chi connectivity index (χ4n) is 1.62.